The number of carboxylic acid groups (broad SMARTS) is 1. The van der Waals surface area contributed by atoms with E-state index in [0.29, 0.717) is 12.0 Å². The highest BCUT2D eigenvalue weighted by molar-refractivity contribution is 5.68. The Morgan fingerprint density at radius 2 is 2.13 bits per heavy atom. The Kier molecular flexibility index (Phi) is 4.11. The molecule has 2 atom stereocenters. The molecule has 15 heavy (non-hydrogen) atoms. The minimum atomic E-state index is -0.722. The molecule has 1 aliphatic rings. The second kappa shape index (κ2) is 4.94. The molecule has 0 aromatic carbocycles. The lowest BCUT2D eigenvalue weighted by Crippen LogP contribution is -2.70. The Bertz CT molecular complexity index is 227. The van der Waals surface area contributed by atoms with E-state index < -0.39 is 5.97 Å². The van der Waals surface area contributed by atoms with Crippen LogP contribution in [0.3, 0.4) is 0 Å². The summed E-state index contributed by atoms with van der Waals surface area (Å²) in [5.41, 5.74) is -0.214. The summed E-state index contributed by atoms with van der Waals surface area (Å²) in [6, 6.07) is 0.372. The standard InChI is InChI=1S/C11H22N2O2/c1-4-8(2)9(3)13-11(5-10(14)15)6-12-7-11/h8-9,12-13H,4-7H2,1-3H3,(H,14,15). The fourth-order valence-corrected chi connectivity index (χ4v) is 1.97. The molecular formula is C11H22N2O2. The number of hydrogen-bond acceptors (Lipinski definition) is 3. The second-order valence-electron chi connectivity index (χ2n) is 4.77. The zero-order valence-corrected chi connectivity index (χ0v) is 9.84. The minimum absolute atomic E-state index is 0.209. The lowest BCUT2D eigenvalue weighted by Gasteiger charge is -2.45. The zero-order valence-electron chi connectivity index (χ0n) is 9.84. The van der Waals surface area contributed by atoms with Gasteiger partial charge in [-0.15, -0.1) is 0 Å². The van der Waals surface area contributed by atoms with Crippen molar-refractivity contribution in [2.75, 3.05) is 13.1 Å². The van der Waals surface area contributed by atoms with Crippen molar-refractivity contribution in [2.45, 2.75) is 45.2 Å². The molecule has 0 bridgehead atoms. The van der Waals surface area contributed by atoms with Gasteiger partial charge in [0, 0.05) is 19.1 Å². The number of nitrogens with one attached hydrogen (secondary N) is 2. The number of carbonyl (C=O) groups is 1. The van der Waals surface area contributed by atoms with E-state index in [1.165, 1.54) is 0 Å². The van der Waals surface area contributed by atoms with Crippen molar-refractivity contribution in [1.82, 2.24) is 10.6 Å². The molecular weight excluding hydrogens is 192 g/mol. The van der Waals surface area contributed by atoms with Gasteiger partial charge in [0.05, 0.1) is 12.0 Å². The molecule has 1 fully saturated rings. The van der Waals surface area contributed by atoms with Crippen LogP contribution in [0.5, 0.6) is 0 Å². The fraction of sp³-hybridized carbons (Fsp3) is 0.909. The Morgan fingerprint density at radius 1 is 1.53 bits per heavy atom. The minimum Gasteiger partial charge on any atom is -0.481 e. The van der Waals surface area contributed by atoms with Crippen LogP contribution in [0.4, 0.5) is 0 Å². The molecule has 4 heteroatoms. The molecule has 0 saturated carbocycles. The maximum atomic E-state index is 10.8. The van der Waals surface area contributed by atoms with Crippen LogP contribution >= 0.6 is 0 Å². The lowest BCUT2D eigenvalue weighted by atomic mass is 9.86. The van der Waals surface area contributed by atoms with E-state index in [0.717, 1.165) is 19.5 Å². The van der Waals surface area contributed by atoms with Crippen molar-refractivity contribution in [3.8, 4) is 0 Å². The Hall–Kier alpha value is -0.610. The summed E-state index contributed by atoms with van der Waals surface area (Å²) < 4.78 is 0. The molecule has 0 aliphatic carbocycles. The highest BCUT2D eigenvalue weighted by Gasteiger charge is 2.40. The second-order valence-corrected chi connectivity index (χ2v) is 4.77. The summed E-state index contributed by atoms with van der Waals surface area (Å²) in [4.78, 5) is 10.8. The average Bonchev–Trinajstić information content (AvgIpc) is 2.12. The SMILES string of the molecule is CCC(C)C(C)NC1(CC(=O)O)CNC1. The van der Waals surface area contributed by atoms with Gasteiger partial charge in [-0.1, -0.05) is 20.3 Å². The van der Waals surface area contributed by atoms with Crippen molar-refractivity contribution < 1.29 is 9.90 Å². The zero-order chi connectivity index (χ0) is 11.5. The number of rotatable bonds is 6. The first-order valence-electron chi connectivity index (χ1n) is 5.69. The van der Waals surface area contributed by atoms with Crippen molar-refractivity contribution in [1.29, 1.82) is 0 Å². The molecule has 1 heterocycles. The third kappa shape index (κ3) is 3.18. The van der Waals surface area contributed by atoms with E-state index >= 15 is 0 Å². The van der Waals surface area contributed by atoms with Gasteiger partial charge in [0.25, 0.3) is 0 Å². The molecule has 4 nitrogen and oxygen atoms in total. The van der Waals surface area contributed by atoms with Crippen molar-refractivity contribution in [3.05, 3.63) is 0 Å². The lowest BCUT2D eigenvalue weighted by molar-refractivity contribution is -0.139. The van der Waals surface area contributed by atoms with Crippen LogP contribution in [-0.4, -0.2) is 35.7 Å². The van der Waals surface area contributed by atoms with E-state index in [-0.39, 0.29) is 12.0 Å². The van der Waals surface area contributed by atoms with Crippen LogP contribution in [0.25, 0.3) is 0 Å². The molecule has 88 valence electrons. The van der Waals surface area contributed by atoms with Crippen LogP contribution in [-0.2, 0) is 4.79 Å². The Labute approximate surface area is 91.4 Å². The van der Waals surface area contributed by atoms with E-state index in [9.17, 15) is 4.79 Å². The van der Waals surface area contributed by atoms with Crippen LogP contribution in [0.2, 0.25) is 0 Å². The van der Waals surface area contributed by atoms with Gasteiger partial charge in [0.1, 0.15) is 0 Å². The summed E-state index contributed by atoms with van der Waals surface area (Å²) in [6.07, 6.45) is 1.32. The smallest absolute Gasteiger partial charge is 0.305 e. The van der Waals surface area contributed by atoms with Gasteiger partial charge in [-0.3, -0.25) is 4.79 Å². The third-order valence-electron chi connectivity index (χ3n) is 3.45. The van der Waals surface area contributed by atoms with Gasteiger partial charge in [0.2, 0.25) is 0 Å². The highest BCUT2D eigenvalue weighted by Crippen LogP contribution is 2.19. The van der Waals surface area contributed by atoms with Gasteiger partial charge in [0.15, 0.2) is 0 Å². The van der Waals surface area contributed by atoms with Crippen LogP contribution in [0, 0.1) is 5.92 Å². The molecule has 0 radical (unpaired) electrons. The molecule has 0 spiro atoms. The molecule has 1 saturated heterocycles. The Morgan fingerprint density at radius 3 is 2.47 bits per heavy atom. The highest BCUT2D eigenvalue weighted by atomic mass is 16.4. The van der Waals surface area contributed by atoms with Crippen LogP contribution in [0.1, 0.15) is 33.6 Å². The first-order valence-corrected chi connectivity index (χ1v) is 5.69. The van der Waals surface area contributed by atoms with Gasteiger partial charge >= 0.3 is 5.97 Å². The molecule has 3 N–H and O–H groups in total. The average molecular weight is 214 g/mol. The first-order chi connectivity index (χ1) is 6.99. The monoisotopic (exact) mass is 214 g/mol. The van der Waals surface area contributed by atoms with E-state index in [1.807, 2.05) is 0 Å². The summed E-state index contributed by atoms with van der Waals surface area (Å²) in [7, 11) is 0. The van der Waals surface area contributed by atoms with Crippen molar-refractivity contribution in [2.24, 2.45) is 5.92 Å². The normalized spacial score (nSPS) is 22.9. The summed E-state index contributed by atoms with van der Waals surface area (Å²) in [5.74, 6) is -0.142. The summed E-state index contributed by atoms with van der Waals surface area (Å²) >= 11 is 0. The van der Waals surface area contributed by atoms with Gasteiger partial charge in [-0.25, -0.2) is 0 Å². The molecule has 0 amide bonds. The first kappa shape index (κ1) is 12.5. The van der Waals surface area contributed by atoms with Crippen molar-refractivity contribution >= 4 is 5.97 Å². The maximum Gasteiger partial charge on any atom is 0.305 e. The summed E-state index contributed by atoms with van der Waals surface area (Å²) in [6.45, 7) is 8.01. The van der Waals surface area contributed by atoms with Gasteiger partial charge in [-0.2, -0.15) is 0 Å². The number of hydrogen-bond donors (Lipinski definition) is 3. The van der Waals surface area contributed by atoms with Gasteiger partial charge < -0.3 is 15.7 Å². The quantitative estimate of drug-likeness (QED) is 0.613. The molecule has 0 aromatic heterocycles. The van der Waals surface area contributed by atoms with E-state index in [1.54, 1.807) is 0 Å². The predicted molar refractivity (Wildman–Crippen MR) is 59.9 cm³/mol. The molecule has 1 rings (SSSR count). The number of aliphatic carboxylic acids is 1. The van der Waals surface area contributed by atoms with Crippen LogP contribution in [0.15, 0.2) is 0 Å². The van der Waals surface area contributed by atoms with Crippen molar-refractivity contribution in [3.63, 3.8) is 0 Å². The maximum absolute atomic E-state index is 10.8. The molecule has 1 aliphatic heterocycles. The van der Waals surface area contributed by atoms with E-state index in [4.69, 9.17) is 5.11 Å². The predicted octanol–water partition coefficient (Wildman–Crippen LogP) is 0.827. The topological polar surface area (TPSA) is 61.4 Å². The van der Waals surface area contributed by atoms with Gasteiger partial charge in [-0.05, 0) is 12.8 Å². The fourth-order valence-electron chi connectivity index (χ4n) is 1.97. The molecule has 2 unspecified atom stereocenters. The molecule has 0 aromatic rings. The Balaban J connectivity index is 2.49. The number of carboxylic acids is 1. The summed E-state index contributed by atoms with van der Waals surface area (Å²) in [5, 5.41) is 15.5. The van der Waals surface area contributed by atoms with E-state index in [2.05, 4.69) is 31.4 Å². The van der Waals surface area contributed by atoms with Crippen LogP contribution < -0.4 is 10.6 Å². The largest absolute Gasteiger partial charge is 0.481 e. The third-order valence-corrected chi connectivity index (χ3v) is 3.45.